The Balaban J connectivity index is 2.21. The number of benzene rings is 1. The number of anilines is 1. The quantitative estimate of drug-likeness (QED) is 0.901. The fourth-order valence-electron chi connectivity index (χ4n) is 2.28. The molecule has 0 saturated heterocycles. The van der Waals surface area contributed by atoms with Crippen LogP contribution in [0.5, 0.6) is 0 Å². The lowest BCUT2D eigenvalue weighted by Crippen LogP contribution is -2.31. The molecule has 102 valence electrons. The highest BCUT2D eigenvalue weighted by Gasteiger charge is 2.26. The normalized spacial score (nSPS) is 15.3. The van der Waals surface area contributed by atoms with Crippen LogP contribution in [0.25, 0.3) is 0 Å². The Kier molecular flexibility index (Phi) is 3.88. The second-order valence-electron chi connectivity index (χ2n) is 4.94. The molecule has 1 N–H and O–H groups in total. The number of carbonyl (C=O) groups is 2. The van der Waals surface area contributed by atoms with Gasteiger partial charge in [-0.25, -0.2) is 0 Å². The Labute approximate surface area is 113 Å². The Morgan fingerprint density at radius 2 is 2.16 bits per heavy atom. The summed E-state index contributed by atoms with van der Waals surface area (Å²) in [6.07, 6.45) is 1.30. The zero-order chi connectivity index (χ0) is 14.0. The van der Waals surface area contributed by atoms with Crippen molar-refractivity contribution >= 4 is 17.5 Å². The lowest BCUT2D eigenvalue weighted by atomic mass is 10.1. The van der Waals surface area contributed by atoms with E-state index in [4.69, 9.17) is 0 Å². The van der Waals surface area contributed by atoms with Gasteiger partial charge in [0.15, 0.2) is 0 Å². The number of fused-ring (bicyclic) bond motifs is 1. The van der Waals surface area contributed by atoms with Gasteiger partial charge in [0.25, 0.3) is 5.91 Å². The van der Waals surface area contributed by atoms with E-state index in [9.17, 15) is 9.59 Å². The van der Waals surface area contributed by atoms with Gasteiger partial charge in [-0.3, -0.25) is 9.59 Å². The van der Waals surface area contributed by atoms with Gasteiger partial charge in [-0.15, -0.1) is 0 Å². The lowest BCUT2D eigenvalue weighted by molar-refractivity contribution is -0.117. The minimum atomic E-state index is -0.0699. The monoisotopic (exact) mass is 260 g/mol. The van der Waals surface area contributed by atoms with Gasteiger partial charge in [0, 0.05) is 23.8 Å². The van der Waals surface area contributed by atoms with Gasteiger partial charge in [-0.05, 0) is 44.0 Å². The van der Waals surface area contributed by atoms with Crippen molar-refractivity contribution in [3.8, 4) is 0 Å². The Morgan fingerprint density at radius 1 is 1.42 bits per heavy atom. The average molecular weight is 260 g/mol. The standard InChI is InChI=1S/C15H20N2O2/c1-4-10(3)16-15(19)11-6-7-13-12(8-11)9-14(18)17(13)5-2/h6-8,10H,4-5,9H2,1-3H3,(H,16,19)/t10-/m1/s1. The van der Waals surface area contributed by atoms with Crippen LogP contribution in [0.4, 0.5) is 5.69 Å². The maximum atomic E-state index is 12.0. The third kappa shape index (κ3) is 2.62. The van der Waals surface area contributed by atoms with Gasteiger partial charge in [-0.2, -0.15) is 0 Å². The Hall–Kier alpha value is -1.84. The smallest absolute Gasteiger partial charge is 0.251 e. The van der Waals surface area contributed by atoms with Crippen LogP contribution in [0.15, 0.2) is 18.2 Å². The van der Waals surface area contributed by atoms with Crippen LogP contribution in [-0.2, 0) is 11.2 Å². The number of hydrogen-bond donors (Lipinski definition) is 1. The molecule has 0 saturated carbocycles. The maximum Gasteiger partial charge on any atom is 0.251 e. The molecule has 4 heteroatoms. The zero-order valence-corrected chi connectivity index (χ0v) is 11.7. The molecule has 1 atom stereocenters. The highest BCUT2D eigenvalue weighted by molar-refractivity contribution is 6.03. The SMILES string of the molecule is CC[C@@H](C)NC(=O)c1ccc2c(c1)CC(=O)N2CC. The molecule has 0 aromatic heterocycles. The van der Waals surface area contributed by atoms with Gasteiger partial charge >= 0.3 is 0 Å². The van der Waals surface area contributed by atoms with Crippen molar-refractivity contribution in [2.45, 2.75) is 39.7 Å². The lowest BCUT2D eigenvalue weighted by Gasteiger charge is -2.15. The first-order valence-electron chi connectivity index (χ1n) is 6.81. The first kappa shape index (κ1) is 13.6. The summed E-state index contributed by atoms with van der Waals surface area (Å²) < 4.78 is 0. The number of rotatable bonds is 4. The number of nitrogens with zero attached hydrogens (tertiary/aromatic N) is 1. The van der Waals surface area contributed by atoms with Gasteiger partial charge in [0.1, 0.15) is 0 Å². The van der Waals surface area contributed by atoms with Crippen LogP contribution in [0.2, 0.25) is 0 Å². The second-order valence-corrected chi connectivity index (χ2v) is 4.94. The number of likely N-dealkylation sites (N-methyl/N-ethyl adjacent to an activating group) is 1. The summed E-state index contributed by atoms with van der Waals surface area (Å²) >= 11 is 0. The highest BCUT2D eigenvalue weighted by atomic mass is 16.2. The van der Waals surface area contributed by atoms with E-state index >= 15 is 0 Å². The topological polar surface area (TPSA) is 49.4 Å². The molecule has 2 amide bonds. The Morgan fingerprint density at radius 3 is 2.79 bits per heavy atom. The molecule has 0 radical (unpaired) electrons. The van der Waals surface area contributed by atoms with E-state index in [2.05, 4.69) is 5.32 Å². The summed E-state index contributed by atoms with van der Waals surface area (Å²) in [6.45, 7) is 6.64. The molecule has 2 rings (SSSR count). The molecule has 19 heavy (non-hydrogen) atoms. The summed E-state index contributed by atoms with van der Waals surface area (Å²) in [7, 11) is 0. The van der Waals surface area contributed by atoms with Crippen LogP contribution in [-0.4, -0.2) is 24.4 Å². The van der Waals surface area contributed by atoms with E-state index in [-0.39, 0.29) is 17.9 Å². The van der Waals surface area contributed by atoms with E-state index in [0.717, 1.165) is 17.7 Å². The van der Waals surface area contributed by atoms with E-state index in [0.29, 0.717) is 18.5 Å². The minimum absolute atomic E-state index is 0.0699. The summed E-state index contributed by atoms with van der Waals surface area (Å²) in [5.74, 6) is 0.0385. The van der Waals surface area contributed by atoms with Crippen molar-refractivity contribution in [1.82, 2.24) is 5.32 Å². The van der Waals surface area contributed by atoms with E-state index in [1.54, 1.807) is 11.0 Å². The molecular formula is C15H20N2O2. The predicted octanol–water partition coefficient (Wildman–Crippen LogP) is 2.12. The molecular weight excluding hydrogens is 240 g/mol. The van der Waals surface area contributed by atoms with Crippen molar-refractivity contribution in [3.05, 3.63) is 29.3 Å². The molecule has 1 aliphatic rings. The third-order valence-electron chi connectivity index (χ3n) is 3.58. The van der Waals surface area contributed by atoms with Crippen molar-refractivity contribution in [2.75, 3.05) is 11.4 Å². The molecule has 0 unspecified atom stereocenters. The number of nitrogens with one attached hydrogen (secondary N) is 1. The summed E-state index contributed by atoms with van der Waals surface area (Å²) in [5, 5.41) is 2.94. The molecule has 0 fully saturated rings. The summed E-state index contributed by atoms with van der Waals surface area (Å²) in [4.78, 5) is 25.6. The molecule has 1 aromatic rings. The summed E-state index contributed by atoms with van der Waals surface area (Å²) in [5.41, 5.74) is 2.51. The minimum Gasteiger partial charge on any atom is -0.350 e. The first-order valence-corrected chi connectivity index (χ1v) is 6.81. The largest absolute Gasteiger partial charge is 0.350 e. The second kappa shape index (κ2) is 5.43. The van der Waals surface area contributed by atoms with Crippen molar-refractivity contribution in [1.29, 1.82) is 0 Å². The molecule has 0 spiro atoms. The fraction of sp³-hybridized carbons (Fsp3) is 0.467. The van der Waals surface area contributed by atoms with E-state index < -0.39 is 0 Å². The van der Waals surface area contributed by atoms with Crippen molar-refractivity contribution in [3.63, 3.8) is 0 Å². The maximum absolute atomic E-state index is 12.0. The highest BCUT2D eigenvalue weighted by Crippen LogP contribution is 2.29. The van der Waals surface area contributed by atoms with Gasteiger partial charge in [0.2, 0.25) is 5.91 Å². The Bertz CT molecular complexity index is 511. The van der Waals surface area contributed by atoms with Gasteiger partial charge < -0.3 is 10.2 Å². The molecule has 1 aromatic carbocycles. The van der Waals surface area contributed by atoms with Gasteiger partial charge in [0.05, 0.1) is 6.42 Å². The molecule has 4 nitrogen and oxygen atoms in total. The van der Waals surface area contributed by atoms with Crippen molar-refractivity contribution < 1.29 is 9.59 Å². The van der Waals surface area contributed by atoms with Crippen LogP contribution in [0.1, 0.15) is 43.1 Å². The van der Waals surface area contributed by atoms with Crippen LogP contribution >= 0.6 is 0 Å². The first-order chi connectivity index (χ1) is 9.06. The number of carbonyl (C=O) groups excluding carboxylic acids is 2. The van der Waals surface area contributed by atoms with Crippen LogP contribution in [0, 0.1) is 0 Å². The fourth-order valence-corrected chi connectivity index (χ4v) is 2.28. The molecule has 1 aliphatic heterocycles. The number of amides is 2. The molecule has 1 heterocycles. The molecule has 0 bridgehead atoms. The van der Waals surface area contributed by atoms with E-state index in [1.165, 1.54) is 0 Å². The zero-order valence-electron chi connectivity index (χ0n) is 11.7. The predicted molar refractivity (Wildman–Crippen MR) is 75.4 cm³/mol. The van der Waals surface area contributed by atoms with Crippen molar-refractivity contribution in [2.24, 2.45) is 0 Å². The third-order valence-corrected chi connectivity index (χ3v) is 3.58. The van der Waals surface area contributed by atoms with Crippen LogP contribution < -0.4 is 10.2 Å². The van der Waals surface area contributed by atoms with Gasteiger partial charge in [-0.1, -0.05) is 6.92 Å². The van der Waals surface area contributed by atoms with E-state index in [1.807, 2.05) is 32.9 Å². The number of hydrogen-bond acceptors (Lipinski definition) is 2. The average Bonchev–Trinajstić information content (AvgIpc) is 2.72. The molecule has 0 aliphatic carbocycles. The summed E-state index contributed by atoms with van der Waals surface area (Å²) in [6, 6.07) is 5.66. The van der Waals surface area contributed by atoms with Crippen LogP contribution in [0.3, 0.4) is 0 Å².